The highest BCUT2D eigenvalue weighted by Crippen LogP contribution is 2.30. The first-order chi connectivity index (χ1) is 10.7. The summed E-state index contributed by atoms with van der Waals surface area (Å²) in [5, 5.41) is 1.07. The Morgan fingerprint density at radius 3 is 2.86 bits per heavy atom. The molecule has 2 heterocycles. The summed E-state index contributed by atoms with van der Waals surface area (Å²) in [6.07, 6.45) is 1.83. The SMILES string of the molecule is CC1CN=C(c2cnc3ccccc3c2)c2cccc(F)c21. The summed E-state index contributed by atoms with van der Waals surface area (Å²) in [4.78, 5) is 9.18. The minimum Gasteiger partial charge on any atom is -0.283 e. The van der Waals surface area contributed by atoms with Crippen LogP contribution in [0.4, 0.5) is 4.39 Å². The van der Waals surface area contributed by atoms with Crippen LogP contribution in [0.3, 0.4) is 0 Å². The number of aliphatic imine (C=N–C) groups is 1. The van der Waals surface area contributed by atoms with Crippen LogP contribution in [0, 0.1) is 5.82 Å². The molecule has 1 aliphatic rings. The maximum atomic E-state index is 14.2. The summed E-state index contributed by atoms with van der Waals surface area (Å²) in [7, 11) is 0. The van der Waals surface area contributed by atoms with Crippen LogP contribution < -0.4 is 0 Å². The number of aromatic nitrogens is 1. The summed E-state index contributed by atoms with van der Waals surface area (Å²) in [6.45, 7) is 2.62. The summed E-state index contributed by atoms with van der Waals surface area (Å²) >= 11 is 0. The molecule has 0 bridgehead atoms. The fourth-order valence-electron chi connectivity index (χ4n) is 3.10. The Balaban J connectivity index is 1.90. The molecule has 0 spiro atoms. The van der Waals surface area contributed by atoms with Gasteiger partial charge in [0, 0.05) is 40.7 Å². The molecule has 22 heavy (non-hydrogen) atoms. The van der Waals surface area contributed by atoms with Gasteiger partial charge in [-0.3, -0.25) is 9.98 Å². The van der Waals surface area contributed by atoms with Gasteiger partial charge in [0.1, 0.15) is 5.82 Å². The number of pyridine rings is 1. The van der Waals surface area contributed by atoms with Gasteiger partial charge in [-0.2, -0.15) is 0 Å². The average molecular weight is 290 g/mol. The minimum atomic E-state index is -0.147. The van der Waals surface area contributed by atoms with Crippen LogP contribution in [0.5, 0.6) is 0 Å². The monoisotopic (exact) mass is 290 g/mol. The largest absolute Gasteiger partial charge is 0.283 e. The van der Waals surface area contributed by atoms with E-state index in [0.717, 1.165) is 33.3 Å². The van der Waals surface area contributed by atoms with Crippen molar-refractivity contribution in [2.45, 2.75) is 12.8 Å². The van der Waals surface area contributed by atoms with E-state index < -0.39 is 0 Å². The molecule has 1 atom stereocenters. The van der Waals surface area contributed by atoms with Crippen LogP contribution in [0.25, 0.3) is 10.9 Å². The molecule has 3 heteroatoms. The molecule has 2 aromatic carbocycles. The van der Waals surface area contributed by atoms with E-state index in [1.807, 2.05) is 43.5 Å². The predicted molar refractivity (Wildman–Crippen MR) is 87.1 cm³/mol. The summed E-state index contributed by atoms with van der Waals surface area (Å²) < 4.78 is 14.2. The zero-order valence-corrected chi connectivity index (χ0v) is 12.3. The van der Waals surface area contributed by atoms with Crippen molar-refractivity contribution < 1.29 is 4.39 Å². The van der Waals surface area contributed by atoms with Crippen molar-refractivity contribution in [1.29, 1.82) is 0 Å². The second kappa shape index (κ2) is 5.02. The summed E-state index contributed by atoms with van der Waals surface area (Å²) in [5.41, 5.74) is 4.38. The molecular formula is C19H15FN2. The Labute approximate surface area is 128 Å². The molecule has 4 rings (SSSR count). The Morgan fingerprint density at radius 1 is 1.09 bits per heavy atom. The molecule has 1 aromatic heterocycles. The van der Waals surface area contributed by atoms with Crippen LogP contribution in [-0.2, 0) is 0 Å². The van der Waals surface area contributed by atoms with Gasteiger partial charge in [0.25, 0.3) is 0 Å². The maximum Gasteiger partial charge on any atom is 0.127 e. The van der Waals surface area contributed by atoms with Gasteiger partial charge in [-0.1, -0.05) is 37.3 Å². The van der Waals surface area contributed by atoms with Gasteiger partial charge in [0.05, 0.1) is 11.2 Å². The first-order valence-corrected chi connectivity index (χ1v) is 7.42. The molecule has 0 fully saturated rings. The van der Waals surface area contributed by atoms with Gasteiger partial charge in [-0.15, -0.1) is 0 Å². The molecule has 3 aromatic rings. The Kier molecular flexibility index (Phi) is 3.00. The highest BCUT2D eigenvalue weighted by Gasteiger charge is 2.23. The fourth-order valence-corrected chi connectivity index (χ4v) is 3.10. The van der Waals surface area contributed by atoms with E-state index in [-0.39, 0.29) is 11.7 Å². The van der Waals surface area contributed by atoms with Crippen molar-refractivity contribution in [3.63, 3.8) is 0 Å². The fraction of sp³-hybridized carbons (Fsp3) is 0.158. The second-order valence-electron chi connectivity index (χ2n) is 5.71. The van der Waals surface area contributed by atoms with Gasteiger partial charge in [0.15, 0.2) is 0 Å². The van der Waals surface area contributed by atoms with Gasteiger partial charge < -0.3 is 0 Å². The first kappa shape index (κ1) is 13.1. The Bertz CT molecular complexity index is 899. The van der Waals surface area contributed by atoms with Crippen molar-refractivity contribution >= 4 is 16.6 Å². The molecular weight excluding hydrogens is 275 g/mol. The van der Waals surface area contributed by atoms with Gasteiger partial charge in [-0.25, -0.2) is 4.39 Å². The lowest BCUT2D eigenvalue weighted by molar-refractivity contribution is 0.587. The molecule has 1 unspecified atom stereocenters. The highest BCUT2D eigenvalue weighted by molar-refractivity contribution is 6.15. The van der Waals surface area contributed by atoms with Crippen LogP contribution in [0.2, 0.25) is 0 Å². The molecule has 0 aliphatic carbocycles. The smallest absolute Gasteiger partial charge is 0.127 e. The molecule has 108 valence electrons. The van der Waals surface area contributed by atoms with E-state index >= 15 is 0 Å². The van der Waals surface area contributed by atoms with E-state index in [2.05, 4.69) is 16.0 Å². The molecule has 2 nitrogen and oxygen atoms in total. The van der Waals surface area contributed by atoms with Crippen LogP contribution in [0.1, 0.15) is 29.5 Å². The topological polar surface area (TPSA) is 25.2 Å². The third-order valence-corrected chi connectivity index (χ3v) is 4.19. The number of hydrogen-bond acceptors (Lipinski definition) is 2. The van der Waals surface area contributed by atoms with E-state index in [1.54, 1.807) is 6.07 Å². The average Bonchev–Trinajstić information content (AvgIpc) is 2.55. The second-order valence-corrected chi connectivity index (χ2v) is 5.71. The maximum absolute atomic E-state index is 14.2. The molecule has 0 amide bonds. The standard InChI is InChI=1S/C19H15FN2/c1-12-10-22-19(15-6-4-7-16(20)18(12)15)14-9-13-5-2-3-8-17(13)21-11-14/h2-9,11-12H,10H2,1H3. The number of fused-ring (bicyclic) bond motifs is 2. The zero-order chi connectivity index (χ0) is 15.1. The number of hydrogen-bond donors (Lipinski definition) is 0. The number of para-hydroxylation sites is 1. The van der Waals surface area contributed by atoms with Crippen molar-refractivity contribution in [1.82, 2.24) is 4.98 Å². The van der Waals surface area contributed by atoms with E-state index in [4.69, 9.17) is 0 Å². The van der Waals surface area contributed by atoms with E-state index in [9.17, 15) is 4.39 Å². The van der Waals surface area contributed by atoms with Gasteiger partial charge in [0.2, 0.25) is 0 Å². The van der Waals surface area contributed by atoms with Crippen molar-refractivity contribution in [3.05, 3.63) is 77.2 Å². The molecule has 0 radical (unpaired) electrons. The van der Waals surface area contributed by atoms with E-state index in [1.165, 1.54) is 6.07 Å². The van der Waals surface area contributed by atoms with Crippen LogP contribution in [0.15, 0.2) is 59.7 Å². The van der Waals surface area contributed by atoms with Gasteiger partial charge in [-0.05, 0) is 18.2 Å². The van der Waals surface area contributed by atoms with Crippen LogP contribution >= 0.6 is 0 Å². The van der Waals surface area contributed by atoms with Crippen molar-refractivity contribution in [3.8, 4) is 0 Å². The van der Waals surface area contributed by atoms with Crippen LogP contribution in [-0.4, -0.2) is 17.2 Å². The number of rotatable bonds is 1. The highest BCUT2D eigenvalue weighted by atomic mass is 19.1. The summed E-state index contributed by atoms with van der Waals surface area (Å²) in [6, 6.07) is 15.3. The summed E-state index contributed by atoms with van der Waals surface area (Å²) in [5.74, 6) is -0.0421. The number of nitrogens with zero attached hydrogens (tertiary/aromatic N) is 2. The lowest BCUT2D eigenvalue weighted by atomic mass is 9.87. The third kappa shape index (κ3) is 2.01. The zero-order valence-electron chi connectivity index (χ0n) is 12.3. The molecule has 0 saturated carbocycles. The Hall–Kier alpha value is -2.55. The first-order valence-electron chi connectivity index (χ1n) is 7.42. The van der Waals surface area contributed by atoms with Crippen molar-refractivity contribution in [2.75, 3.05) is 6.54 Å². The van der Waals surface area contributed by atoms with E-state index in [0.29, 0.717) is 6.54 Å². The molecule has 1 aliphatic heterocycles. The van der Waals surface area contributed by atoms with Crippen molar-refractivity contribution in [2.24, 2.45) is 4.99 Å². The lowest BCUT2D eigenvalue weighted by Crippen LogP contribution is -2.18. The number of benzene rings is 2. The number of halogens is 1. The quantitative estimate of drug-likeness (QED) is 0.655. The lowest BCUT2D eigenvalue weighted by Gasteiger charge is -2.22. The normalized spacial score (nSPS) is 17.2. The Morgan fingerprint density at radius 2 is 1.95 bits per heavy atom. The predicted octanol–water partition coefficient (Wildman–Crippen LogP) is 4.33. The molecule has 0 N–H and O–H groups in total. The minimum absolute atomic E-state index is 0.105. The van der Waals surface area contributed by atoms with Gasteiger partial charge >= 0.3 is 0 Å². The third-order valence-electron chi connectivity index (χ3n) is 4.19. The molecule has 0 saturated heterocycles.